The first-order chi connectivity index (χ1) is 21.7. The number of nitrogens with zero attached hydrogens (tertiary/aromatic N) is 3. The fraction of sp³-hybridized carbons (Fsp3) is 0.281. The Morgan fingerprint density at radius 2 is 1.82 bits per heavy atom. The number of fused-ring (bicyclic) bond motifs is 1. The molecule has 11 nitrogen and oxygen atoms in total. The Morgan fingerprint density at radius 1 is 1.09 bits per heavy atom. The number of nitrogens with one attached hydrogen (secondary N) is 3. The number of rotatable bonds is 8. The first-order valence-corrected chi connectivity index (χ1v) is 15.1. The van der Waals surface area contributed by atoms with Crippen LogP contribution >= 0.6 is 23.2 Å². The zero-order valence-electron chi connectivity index (χ0n) is 24.4. The number of aromatic nitrogens is 3. The number of amides is 2. The van der Waals surface area contributed by atoms with E-state index in [1.807, 2.05) is 24.3 Å². The molecule has 13 heteroatoms. The van der Waals surface area contributed by atoms with Gasteiger partial charge in [0.2, 0.25) is 11.8 Å². The Balaban J connectivity index is 1.30. The SMILES string of the molecule is COc1nc(-c2cccc(-c3cccc(NC(=O)c4ccnn(C)c4=O)c3Cl)c2Cl)cc2c1[C@@H](NC[C@@H]1CNC(=O)C1)[C@H](O)C2. The van der Waals surface area contributed by atoms with E-state index in [-0.39, 0.29) is 22.4 Å². The molecule has 0 saturated carbocycles. The number of ether oxygens (including phenoxy) is 1. The van der Waals surface area contributed by atoms with Crippen LogP contribution in [0.25, 0.3) is 22.4 Å². The van der Waals surface area contributed by atoms with Crippen LogP contribution in [0.15, 0.2) is 59.5 Å². The summed E-state index contributed by atoms with van der Waals surface area (Å²) in [4.78, 5) is 41.7. The molecule has 2 aromatic carbocycles. The third-order valence-corrected chi connectivity index (χ3v) is 8.99. The molecule has 1 fully saturated rings. The Hall–Kier alpha value is -4.29. The number of carbonyl (C=O) groups excluding carboxylic acids is 2. The summed E-state index contributed by atoms with van der Waals surface area (Å²) in [6.45, 7) is 1.17. The zero-order valence-corrected chi connectivity index (χ0v) is 25.9. The van der Waals surface area contributed by atoms with E-state index in [0.29, 0.717) is 64.9 Å². The monoisotopic (exact) mass is 648 g/mol. The highest BCUT2D eigenvalue weighted by molar-refractivity contribution is 6.39. The number of anilines is 1. The van der Waals surface area contributed by atoms with E-state index in [0.717, 1.165) is 15.8 Å². The molecule has 4 aromatic rings. The Labute approximate surface area is 268 Å². The number of halogens is 2. The highest BCUT2D eigenvalue weighted by Gasteiger charge is 2.36. The largest absolute Gasteiger partial charge is 0.481 e. The molecule has 3 atom stereocenters. The molecule has 6 rings (SSSR count). The van der Waals surface area contributed by atoms with E-state index in [1.165, 1.54) is 26.4 Å². The van der Waals surface area contributed by atoms with Gasteiger partial charge in [0.1, 0.15) is 5.56 Å². The number of pyridine rings is 1. The molecule has 0 spiro atoms. The molecule has 0 unspecified atom stereocenters. The van der Waals surface area contributed by atoms with Crippen LogP contribution in [0, 0.1) is 5.92 Å². The van der Waals surface area contributed by atoms with Crippen molar-refractivity contribution in [1.29, 1.82) is 0 Å². The van der Waals surface area contributed by atoms with Gasteiger partial charge in [0.05, 0.1) is 40.7 Å². The van der Waals surface area contributed by atoms with Gasteiger partial charge in [-0.25, -0.2) is 9.67 Å². The second-order valence-corrected chi connectivity index (χ2v) is 11.8. The quantitative estimate of drug-likeness (QED) is 0.226. The maximum Gasteiger partial charge on any atom is 0.279 e. The predicted molar refractivity (Wildman–Crippen MR) is 171 cm³/mol. The maximum atomic E-state index is 12.9. The van der Waals surface area contributed by atoms with Crippen LogP contribution < -0.4 is 26.2 Å². The van der Waals surface area contributed by atoms with Crippen molar-refractivity contribution in [2.24, 2.45) is 13.0 Å². The molecule has 2 amide bonds. The summed E-state index contributed by atoms with van der Waals surface area (Å²) in [6.07, 6.45) is 1.53. The van der Waals surface area contributed by atoms with Gasteiger partial charge in [0, 0.05) is 61.4 Å². The van der Waals surface area contributed by atoms with Crippen LogP contribution in [-0.4, -0.2) is 58.0 Å². The summed E-state index contributed by atoms with van der Waals surface area (Å²) in [5, 5.41) is 24.4. The van der Waals surface area contributed by atoms with Crippen molar-refractivity contribution in [1.82, 2.24) is 25.4 Å². The molecular formula is C32H30Cl2N6O5. The molecule has 0 radical (unpaired) electrons. The van der Waals surface area contributed by atoms with Crippen molar-refractivity contribution in [3.05, 3.63) is 91.8 Å². The number of aliphatic hydroxyl groups is 1. The van der Waals surface area contributed by atoms with E-state index in [2.05, 4.69) is 21.0 Å². The van der Waals surface area contributed by atoms with Gasteiger partial charge < -0.3 is 25.8 Å². The first-order valence-electron chi connectivity index (χ1n) is 14.3. The Kier molecular flexibility index (Phi) is 8.61. The number of hydrogen-bond donors (Lipinski definition) is 4. The van der Waals surface area contributed by atoms with Crippen LogP contribution in [0.5, 0.6) is 5.88 Å². The summed E-state index contributed by atoms with van der Waals surface area (Å²) >= 11 is 13.8. The second-order valence-electron chi connectivity index (χ2n) is 11.1. The number of carbonyl (C=O) groups is 2. The molecule has 232 valence electrons. The highest BCUT2D eigenvalue weighted by atomic mass is 35.5. The minimum Gasteiger partial charge on any atom is -0.481 e. The van der Waals surface area contributed by atoms with Gasteiger partial charge in [-0.2, -0.15) is 5.10 Å². The van der Waals surface area contributed by atoms with Gasteiger partial charge >= 0.3 is 0 Å². The zero-order chi connectivity index (χ0) is 31.8. The van der Waals surface area contributed by atoms with Gasteiger partial charge in [-0.1, -0.05) is 53.5 Å². The fourth-order valence-electron chi connectivity index (χ4n) is 5.90. The molecule has 45 heavy (non-hydrogen) atoms. The molecule has 1 aliphatic heterocycles. The Bertz CT molecular complexity index is 1880. The summed E-state index contributed by atoms with van der Waals surface area (Å²) in [7, 11) is 3.00. The number of aliphatic hydroxyl groups excluding tert-OH is 1. The average Bonchev–Trinajstić information content (AvgIpc) is 3.59. The molecule has 4 N–H and O–H groups in total. The summed E-state index contributed by atoms with van der Waals surface area (Å²) in [6, 6.07) is 13.5. The fourth-order valence-corrected chi connectivity index (χ4v) is 6.50. The predicted octanol–water partition coefficient (Wildman–Crippen LogP) is 3.76. The van der Waals surface area contributed by atoms with Gasteiger partial charge in [0.25, 0.3) is 11.5 Å². The molecule has 1 saturated heterocycles. The van der Waals surface area contributed by atoms with Crippen molar-refractivity contribution in [3.63, 3.8) is 0 Å². The van der Waals surface area contributed by atoms with E-state index >= 15 is 0 Å². The van der Waals surface area contributed by atoms with Gasteiger partial charge in [0.15, 0.2) is 0 Å². The third kappa shape index (κ3) is 5.91. The average molecular weight is 650 g/mol. The van der Waals surface area contributed by atoms with Crippen molar-refractivity contribution < 1.29 is 19.4 Å². The maximum absolute atomic E-state index is 12.9. The minimum atomic E-state index is -0.693. The lowest BCUT2D eigenvalue weighted by molar-refractivity contribution is -0.119. The lowest BCUT2D eigenvalue weighted by atomic mass is 9.99. The standard InChI is InChI=1S/C32H30Cl2N6O5/c1-40-32(44)21(9-10-37-40)30(43)38-22-8-4-6-19(28(22)34)18-5-3-7-20(27(18)33)23-12-17-13-24(41)29(26(17)31(39-23)45-2)36-15-16-11-25(42)35-14-16/h3-10,12,16,24,29,36,41H,11,13-15H2,1-2H3,(H,35,42)(H,38,43)/t16-,24+,29-/m0/s1. The summed E-state index contributed by atoms with van der Waals surface area (Å²) in [5.74, 6) is -0.0551. The topological polar surface area (TPSA) is 147 Å². The van der Waals surface area contributed by atoms with E-state index < -0.39 is 23.6 Å². The number of benzene rings is 2. The molecular weight excluding hydrogens is 619 g/mol. The Morgan fingerprint density at radius 3 is 2.56 bits per heavy atom. The molecule has 3 heterocycles. The number of hydrogen-bond acceptors (Lipinski definition) is 8. The van der Waals surface area contributed by atoms with Gasteiger partial charge in [-0.15, -0.1) is 0 Å². The van der Waals surface area contributed by atoms with Crippen molar-refractivity contribution >= 4 is 40.7 Å². The third-order valence-electron chi connectivity index (χ3n) is 8.18. The molecule has 0 bridgehead atoms. The summed E-state index contributed by atoms with van der Waals surface area (Å²) < 4.78 is 6.78. The van der Waals surface area contributed by atoms with E-state index in [9.17, 15) is 19.5 Å². The van der Waals surface area contributed by atoms with E-state index in [4.69, 9.17) is 32.9 Å². The van der Waals surface area contributed by atoms with Crippen molar-refractivity contribution in [3.8, 4) is 28.3 Å². The van der Waals surface area contributed by atoms with Crippen LogP contribution in [0.3, 0.4) is 0 Å². The van der Waals surface area contributed by atoms with Gasteiger partial charge in [-0.05, 0) is 29.7 Å². The van der Waals surface area contributed by atoms with Crippen LogP contribution in [0.4, 0.5) is 5.69 Å². The lowest BCUT2D eigenvalue weighted by Gasteiger charge is -2.21. The van der Waals surface area contributed by atoms with Crippen LogP contribution in [0.2, 0.25) is 10.0 Å². The van der Waals surface area contributed by atoms with Crippen LogP contribution in [-0.2, 0) is 18.3 Å². The molecule has 2 aromatic heterocycles. The van der Waals surface area contributed by atoms with Crippen molar-refractivity contribution in [2.45, 2.75) is 25.0 Å². The summed E-state index contributed by atoms with van der Waals surface area (Å²) in [5.41, 5.74) is 3.73. The molecule has 2 aliphatic rings. The smallest absolute Gasteiger partial charge is 0.279 e. The highest BCUT2D eigenvalue weighted by Crippen LogP contribution is 2.44. The van der Waals surface area contributed by atoms with Crippen LogP contribution in [0.1, 0.15) is 33.9 Å². The normalized spacial score (nSPS) is 18.9. The molecule has 1 aliphatic carbocycles. The minimum absolute atomic E-state index is 0.0342. The van der Waals surface area contributed by atoms with Crippen molar-refractivity contribution in [2.75, 3.05) is 25.5 Å². The first kappa shape index (κ1) is 30.7. The number of aryl methyl sites for hydroxylation is 1. The lowest BCUT2D eigenvalue weighted by Crippen LogP contribution is -2.33. The van der Waals surface area contributed by atoms with E-state index in [1.54, 1.807) is 18.2 Å². The number of methoxy groups -OCH3 is 1. The second kappa shape index (κ2) is 12.6. The van der Waals surface area contributed by atoms with Gasteiger partial charge in [-0.3, -0.25) is 14.4 Å².